The zero-order valence-electron chi connectivity index (χ0n) is 20.8. The minimum Gasteiger partial charge on any atom is -0.372 e. The number of hydrogen-bond donors (Lipinski definition) is 0. The van der Waals surface area contributed by atoms with Crippen molar-refractivity contribution in [2.75, 3.05) is 44.2 Å². The number of rotatable bonds is 4. The number of ether oxygens (including phenoxy) is 1. The second-order valence-corrected chi connectivity index (χ2v) is 10.5. The molecule has 2 fully saturated rings. The summed E-state index contributed by atoms with van der Waals surface area (Å²) in [5, 5.41) is 5.45. The first-order chi connectivity index (χ1) is 16.8. The van der Waals surface area contributed by atoms with E-state index < -0.39 is 0 Å². The van der Waals surface area contributed by atoms with Crippen LogP contribution in [0.2, 0.25) is 5.02 Å². The van der Waals surface area contributed by atoms with Crippen molar-refractivity contribution < 1.29 is 14.3 Å². The average molecular weight is 500 g/mol. The van der Waals surface area contributed by atoms with Gasteiger partial charge in [-0.1, -0.05) is 17.7 Å². The SMILES string of the molecule is Cc1ccc(N2CCN(C(=O)Cn3nc(C(=O)N4C[C@@H](C)O[C@@H](C)C4)c4c3CCC4)CC2)cc1Cl. The second-order valence-electron chi connectivity index (χ2n) is 10.1. The lowest BCUT2D eigenvalue weighted by Gasteiger charge is -2.36. The molecular weight excluding hydrogens is 466 g/mol. The number of fused-ring (bicyclic) bond motifs is 1. The molecule has 8 nitrogen and oxygen atoms in total. The van der Waals surface area contributed by atoms with E-state index >= 15 is 0 Å². The van der Waals surface area contributed by atoms with E-state index in [-0.39, 0.29) is 30.6 Å². The number of aryl methyl sites for hydroxylation is 1. The maximum atomic E-state index is 13.4. The quantitative estimate of drug-likeness (QED) is 0.647. The summed E-state index contributed by atoms with van der Waals surface area (Å²) in [6.07, 6.45) is 2.72. The molecule has 0 radical (unpaired) electrons. The molecule has 5 rings (SSSR count). The Labute approximate surface area is 211 Å². The molecule has 2 atom stereocenters. The van der Waals surface area contributed by atoms with Crippen LogP contribution in [0, 0.1) is 6.92 Å². The van der Waals surface area contributed by atoms with Crippen LogP contribution in [0.1, 0.15) is 47.6 Å². The summed E-state index contributed by atoms with van der Waals surface area (Å²) in [4.78, 5) is 32.6. The van der Waals surface area contributed by atoms with Crippen LogP contribution in [-0.2, 0) is 28.9 Å². The number of carbonyl (C=O) groups excluding carboxylic acids is 2. The van der Waals surface area contributed by atoms with Crippen molar-refractivity contribution in [3.05, 3.63) is 45.7 Å². The highest BCUT2D eigenvalue weighted by Crippen LogP contribution is 2.28. The number of morpholine rings is 1. The molecule has 2 aliphatic heterocycles. The van der Waals surface area contributed by atoms with Crippen LogP contribution in [0.25, 0.3) is 0 Å². The number of aromatic nitrogens is 2. The number of amides is 2. The molecule has 35 heavy (non-hydrogen) atoms. The summed E-state index contributed by atoms with van der Waals surface area (Å²) < 4.78 is 7.58. The number of halogens is 1. The molecule has 188 valence electrons. The van der Waals surface area contributed by atoms with E-state index in [0.29, 0.717) is 31.9 Å². The van der Waals surface area contributed by atoms with Crippen molar-refractivity contribution in [1.82, 2.24) is 19.6 Å². The van der Waals surface area contributed by atoms with E-state index in [9.17, 15) is 9.59 Å². The number of benzene rings is 1. The van der Waals surface area contributed by atoms with Crippen LogP contribution in [0.15, 0.2) is 18.2 Å². The monoisotopic (exact) mass is 499 g/mol. The molecule has 2 amide bonds. The molecule has 2 saturated heterocycles. The Morgan fingerprint density at radius 1 is 1.06 bits per heavy atom. The van der Waals surface area contributed by atoms with Crippen LogP contribution in [0.3, 0.4) is 0 Å². The Balaban J connectivity index is 1.25. The Hall–Kier alpha value is -2.58. The lowest BCUT2D eigenvalue weighted by atomic mass is 10.1. The third-order valence-corrected chi connectivity index (χ3v) is 7.76. The van der Waals surface area contributed by atoms with E-state index in [1.165, 1.54) is 0 Å². The zero-order valence-corrected chi connectivity index (χ0v) is 21.6. The average Bonchev–Trinajstić information content (AvgIpc) is 3.44. The number of nitrogens with zero attached hydrogens (tertiary/aromatic N) is 5. The topological polar surface area (TPSA) is 70.9 Å². The smallest absolute Gasteiger partial charge is 0.274 e. The number of hydrogen-bond acceptors (Lipinski definition) is 5. The van der Waals surface area contributed by atoms with Gasteiger partial charge >= 0.3 is 0 Å². The van der Waals surface area contributed by atoms with Gasteiger partial charge in [-0.25, -0.2) is 0 Å². The molecule has 3 aliphatic rings. The molecule has 0 unspecified atom stereocenters. The molecule has 0 N–H and O–H groups in total. The first-order valence-electron chi connectivity index (χ1n) is 12.6. The Bertz CT molecular complexity index is 1110. The molecule has 1 aromatic carbocycles. The molecule has 3 heterocycles. The third-order valence-electron chi connectivity index (χ3n) is 7.35. The Morgan fingerprint density at radius 3 is 2.46 bits per heavy atom. The third kappa shape index (κ3) is 4.91. The van der Waals surface area contributed by atoms with Gasteiger partial charge in [0.05, 0.1) is 12.2 Å². The van der Waals surface area contributed by atoms with Gasteiger partial charge in [-0.2, -0.15) is 5.10 Å². The molecule has 0 spiro atoms. The van der Waals surface area contributed by atoms with Crippen molar-refractivity contribution >= 4 is 29.1 Å². The first kappa shape index (κ1) is 24.1. The molecule has 0 saturated carbocycles. The van der Waals surface area contributed by atoms with E-state index in [4.69, 9.17) is 16.3 Å². The van der Waals surface area contributed by atoms with Crippen LogP contribution < -0.4 is 4.90 Å². The maximum absolute atomic E-state index is 13.4. The van der Waals surface area contributed by atoms with Crippen LogP contribution >= 0.6 is 11.6 Å². The fourth-order valence-corrected chi connectivity index (χ4v) is 5.70. The van der Waals surface area contributed by atoms with Crippen LogP contribution in [0.4, 0.5) is 5.69 Å². The molecule has 1 aliphatic carbocycles. The van der Waals surface area contributed by atoms with E-state index in [2.05, 4.69) is 16.1 Å². The van der Waals surface area contributed by atoms with Gasteiger partial charge in [0.2, 0.25) is 5.91 Å². The van der Waals surface area contributed by atoms with Gasteiger partial charge in [0.1, 0.15) is 6.54 Å². The molecule has 1 aromatic heterocycles. The van der Waals surface area contributed by atoms with Crippen LogP contribution in [0.5, 0.6) is 0 Å². The highest BCUT2D eigenvalue weighted by atomic mass is 35.5. The molecule has 2 aromatic rings. The van der Waals surface area contributed by atoms with Crippen molar-refractivity contribution in [2.24, 2.45) is 0 Å². The predicted octanol–water partition coefficient (Wildman–Crippen LogP) is 2.93. The Kier molecular flexibility index (Phi) is 6.77. The summed E-state index contributed by atoms with van der Waals surface area (Å²) in [6.45, 7) is 10.1. The van der Waals surface area contributed by atoms with Gasteiger partial charge in [-0.15, -0.1) is 0 Å². The molecule has 9 heteroatoms. The van der Waals surface area contributed by atoms with Gasteiger partial charge in [-0.05, 0) is 57.7 Å². The minimum atomic E-state index is -0.0401. The van der Waals surface area contributed by atoms with E-state index in [1.54, 1.807) is 4.68 Å². The van der Waals surface area contributed by atoms with Gasteiger partial charge in [-0.3, -0.25) is 14.3 Å². The van der Waals surface area contributed by atoms with Gasteiger partial charge in [0, 0.05) is 61.2 Å². The molecule has 0 bridgehead atoms. The zero-order chi connectivity index (χ0) is 24.7. The van der Waals surface area contributed by atoms with Crippen LogP contribution in [-0.4, -0.2) is 82.9 Å². The lowest BCUT2D eigenvalue weighted by molar-refractivity contribution is -0.132. The standard InChI is InChI=1S/C26H34ClN5O3/c1-17-7-8-20(13-22(17)27)29-9-11-30(12-10-29)24(33)16-32-23-6-4-5-21(23)25(28-32)26(34)31-14-18(2)35-19(3)15-31/h7-8,13,18-19H,4-6,9-12,14-16H2,1-3H3/t18-,19+. The van der Waals surface area contributed by atoms with Gasteiger partial charge < -0.3 is 19.4 Å². The number of piperazine rings is 1. The minimum absolute atomic E-state index is 0.00835. The molecular formula is C26H34ClN5O3. The predicted molar refractivity (Wildman–Crippen MR) is 135 cm³/mol. The number of carbonyl (C=O) groups is 2. The maximum Gasteiger partial charge on any atom is 0.274 e. The van der Waals surface area contributed by atoms with Crippen molar-refractivity contribution in [1.29, 1.82) is 0 Å². The van der Waals surface area contributed by atoms with Gasteiger partial charge in [0.25, 0.3) is 5.91 Å². The fraction of sp³-hybridized carbons (Fsp3) is 0.577. The lowest BCUT2D eigenvalue weighted by Crippen LogP contribution is -2.49. The largest absolute Gasteiger partial charge is 0.372 e. The highest BCUT2D eigenvalue weighted by molar-refractivity contribution is 6.31. The summed E-state index contributed by atoms with van der Waals surface area (Å²) >= 11 is 6.30. The fourth-order valence-electron chi connectivity index (χ4n) is 5.53. The summed E-state index contributed by atoms with van der Waals surface area (Å²) in [6, 6.07) is 6.11. The summed E-state index contributed by atoms with van der Waals surface area (Å²) in [7, 11) is 0. The van der Waals surface area contributed by atoms with E-state index in [1.807, 2.05) is 42.7 Å². The highest BCUT2D eigenvalue weighted by Gasteiger charge is 2.33. The van der Waals surface area contributed by atoms with Crippen molar-refractivity contribution in [3.8, 4) is 0 Å². The van der Waals surface area contributed by atoms with Crippen molar-refractivity contribution in [2.45, 2.75) is 58.8 Å². The summed E-state index contributed by atoms with van der Waals surface area (Å²) in [5.74, 6) is 0.0122. The second kappa shape index (κ2) is 9.82. The van der Waals surface area contributed by atoms with Gasteiger partial charge in [0.15, 0.2) is 5.69 Å². The normalized spacial score (nSPS) is 22.5. The van der Waals surface area contributed by atoms with E-state index in [0.717, 1.165) is 59.9 Å². The van der Waals surface area contributed by atoms with Crippen molar-refractivity contribution in [3.63, 3.8) is 0 Å². The Morgan fingerprint density at radius 2 is 1.77 bits per heavy atom. The summed E-state index contributed by atoms with van der Waals surface area (Å²) in [5.41, 5.74) is 4.74. The first-order valence-corrected chi connectivity index (χ1v) is 13.0. The number of anilines is 1.